The number of benzene rings is 2. The Labute approximate surface area is 203 Å². The highest BCUT2D eigenvalue weighted by Crippen LogP contribution is 2.11. The molecule has 2 saturated heterocycles. The molecule has 0 saturated carbocycles. The quantitative estimate of drug-likeness (QED) is 0.694. The minimum absolute atomic E-state index is 0. The molecule has 2 heterocycles. The van der Waals surface area contributed by atoms with E-state index in [9.17, 15) is 19.5 Å². The molecule has 2 aromatic carbocycles. The lowest BCUT2D eigenvalue weighted by atomic mass is 10.2. The van der Waals surface area contributed by atoms with Gasteiger partial charge in [-0.25, -0.2) is 9.59 Å². The molecule has 0 bridgehead atoms. The maximum absolute atomic E-state index is 11.6. The first-order valence-electron chi connectivity index (χ1n) is 10.6. The fraction of sp³-hybridized carbons (Fsp3) is 0.400. The Morgan fingerprint density at radius 3 is 1.76 bits per heavy atom. The monoisotopic (exact) mass is 467 g/mol. The second-order valence-corrected chi connectivity index (χ2v) is 7.68. The second kappa shape index (κ2) is 14.7. The Hall–Kier alpha value is -3.33. The summed E-state index contributed by atoms with van der Waals surface area (Å²) in [6.07, 6.45) is -0.0692. The Kier molecular flexibility index (Phi) is 12.5. The van der Waals surface area contributed by atoms with E-state index in [0.29, 0.717) is 32.5 Å². The zero-order valence-electron chi connectivity index (χ0n) is 18.5. The van der Waals surface area contributed by atoms with Crippen molar-refractivity contribution in [3.8, 4) is 0 Å². The van der Waals surface area contributed by atoms with Gasteiger partial charge in [0.1, 0.15) is 13.2 Å². The van der Waals surface area contributed by atoms with Crippen LogP contribution in [0.25, 0.3) is 0 Å². The Morgan fingerprint density at radius 1 is 0.853 bits per heavy atom. The molecule has 1 N–H and O–H groups in total. The van der Waals surface area contributed by atoms with Crippen LogP contribution in [-0.2, 0) is 27.5 Å². The minimum atomic E-state index is -0.408. The number of aliphatic hydroxyl groups excluding tert-OH is 1. The molecule has 2 fully saturated rings. The van der Waals surface area contributed by atoms with Crippen LogP contribution < -0.4 is 0 Å². The van der Waals surface area contributed by atoms with Gasteiger partial charge >= 0.3 is 12.2 Å². The number of ketones is 1. The summed E-state index contributed by atoms with van der Waals surface area (Å²) in [6, 6.07) is 19.0. The number of β-amino-alcohol motifs (C(OH)–C–C–N with tert-alkyl or cyclic N) is 1. The van der Waals surface area contributed by atoms with Crippen LogP contribution in [0, 0.1) is 0 Å². The number of hydrogen-bond acceptors (Lipinski definition) is 6. The largest absolute Gasteiger partial charge is 0.445 e. The third-order valence-electron chi connectivity index (χ3n) is 5.12. The fourth-order valence-electron chi connectivity index (χ4n) is 3.32. The van der Waals surface area contributed by atoms with Gasteiger partial charge in [0.05, 0.1) is 12.6 Å². The molecule has 1 atom stereocenters. The number of aliphatic hydroxyl groups is 1. The molecule has 0 aromatic heterocycles. The van der Waals surface area contributed by atoms with Crippen molar-refractivity contribution in [2.24, 2.45) is 0 Å². The molecule has 2 aliphatic rings. The summed E-state index contributed by atoms with van der Waals surface area (Å²) in [5, 5.41) is 9.28. The summed E-state index contributed by atoms with van der Waals surface area (Å²) in [5.74, 6) is 0.0941. The summed E-state index contributed by atoms with van der Waals surface area (Å²) in [7, 11) is 0. The lowest BCUT2D eigenvalue weighted by Gasteiger charge is -2.15. The van der Waals surface area contributed by atoms with Crippen LogP contribution in [0.5, 0.6) is 0 Å². The van der Waals surface area contributed by atoms with Gasteiger partial charge in [-0.05, 0) is 17.5 Å². The van der Waals surface area contributed by atoms with Crippen molar-refractivity contribution in [1.29, 1.82) is 0 Å². The highest BCUT2D eigenvalue weighted by Gasteiger charge is 2.26. The molecule has 9 heteroatoms. The summed E-state index contributed by atoms with van der Waals surface area (Å²) in [5.41, 5.74) is 1.91. The van der Waals surface area contributed by atoms with Gasteiger partial charge < -0.3 is 24.4 Å². The van der Waals surface area contributed by atoms with Gasteiger partial charge in [0, 0.05) is 34.5 Å². The molecule has 2 aromatic rings. The number of amides is 2. The van der Waals surface area contributed by atoms with Crippen molar-refractivity contribution in [2.45, 2.75) is 39.6 Å². The van der Waals surface area contributed by atoms with E-state index in [0.717, 1.165) is 11.1 Å². The maximum Gasteiger partial charge on any atom is 0.410 e. The van der Waals surface area contributed by atoms with Crippen LogP contribution in [0.4, 0.5) is 9.59 Å². The normalized spacial score (nSPS) is 16.5. The van der Waals surface area contributed by atoms with Crippen LogP contribution in [0.1, 0.15) is 31.4 Å². The summed E-state index contributed by atoms with van der Waals surface area (Å²) in [6.45, 7) is 2.17. The lowest BCUT2D eigenvalue weighted by molar-refractivity contribution is -0.116. The van der Waals surface area contributed by atoms with Crippen molar-refractivity contribution < 1.29 is 29.0 Å². The van der Waals surface area contributed by atoms with Gasteiger partial charge in [-0.3, -0.25) is 4.79 Å². The Bertz CT molecular complexity index is 897. The van der Waals surface area contributed by atoms with E-state index >= 15 is 0 Å². The third kappa shape index (κ3) is 9.27. The number of carbonyl (C=O) groups excluding carboxylic acids is 3. The zero-order valence-corrected chi connectivity index (χ0v) is 18.5. The molecule has 1 unspecified atom stereocenters. The summed E-state index contributed by atoms with van der Waals surface area (Å²) >= 11 is 0. The van der Waals surface area contributed by atoms with Crippen molar-refractivity contribution in [2.75, 3.05) is 26.2 Å². The maximum atomic E-state index is 11.6. The summed E-state index contributed by atoms with van der Waals surface area (Å²) < 4.78 is 10.2. The fourth-order valence-corrected chi connectivity index (χ4v) is 3.32. The molecule has 0 spiro atoms. The molecule has 0 aliphatic carbocycles. The van der Waals surface area contributed by atoms with Gasteiger partial charge in [-0.2, -0.15) is 0 Å². The molecule has 2 amide bonds. The van der Waals surface area contributed by atoms with E-state index in [1.165, 1.54) is 9.80 Å². The van der Waals surface area contributed by atoms with Crippen LogP contribution >= 0.6 is 0 Å². The first kappa shape index (κ1) is 28.7. The first-order chi connectivity index (χ1) is 15.5. The van der Waals surface area contributed by atoms with E-state index in [-0.39, 0.29) is 47.5 Å². The van der Waals surface area contributed by atoms with Gasteiger partial charge in [0.25, 0.3) is 0 Å². The van der Waals surface area contributed by atoms with Crippen molar-refractivity contribution in [3.63, 3.8) is 0 Å². The number of rotatable bonds is 4. The predicted molar refractivity (Wildman–Crippen MR) is 129 cm³/mol. The number of carbonyl (C=O) groups is 3. The minimum Gasteiger partial charge on any atom is -0.445 e. The Morgan fingerprint density at radius 2 is 1.35 bits per heavy atom. The third-order valence-corrected chi connectivity index (χ3v) is 5.12. The highest BCUT2D eigenvalue weighted by molar-refractivity contribution is 5.87. The molecule has 8 nitrogen and oxygen atoms in total. The van der Waals surface area contributed by atoms with E-state index in [4.69, 9.17) is 9.47 Å². The summed E-state index contributed by atoms with van der Waals surface area (Å²) in [4.78, 5) is 37.0. The average molecular weight is 467 g/mol. The molecular formula is C25H32BN2O6. The van der Waals surface area contributed by atoms with Crippen molar-refractivity contribution in [3.05, 3.63) is 71.8 Å². The predicted octanol–water partition coefficient (Wildman–Crippen LogP) is 3.24. The molecule has 181 valence electrons. The average Bonchev–Trinajstić information content (AvgIpc) is 3.46. The number of ether oxygens (including phenoxy) is 2. The van der Waals surface area contributed by atoms with Crippen LogP contribution in [0.3, 0.4) is 0 Å². The molecule has 2 aliphatic heterocycles. The number of hydrogen-bond donors (Lipinski definition) is 1. The molecule has 34 heavy (non-hydrogen) atoms. The van der Waals surface area contributed by atoms with Gasteiger partial charge in [-0.1, -0.05) is 68.1 Å². The van der Waals surface area contributed by atoms with Gasteiger partial charge in [0.2, 0.25) is 0 Å². The van der Waals surface area contributed by atoms with E-state index in [1.807, 2.05) is 60.7 Å². The highest BCUT2D eigenvalue weighted by atomic mass is 16.6. The SMILES string of the molecule is C.O=C(OCc1ccccc1)N1CCC(O)C1.O=C1CCN(C(=O)OCc2ccccc2)C1.[B]. The van der Waals surface area contributed by atoms with E-state index in [1.54, 1.807) is 0 Å². The van der Waals surface area contributed by atoms with Gasteiger partial charge in [-0.15, -0.1) is 0 Å². The van der Waals surface area contributed by atoms with E-state index in [2.05, 4.69) is 0 Å². The number of likely N-dealkylation sites (tertiary alicyclic amines) is 2. The van der Waals surface area contributed by atoms with Crippen LogP contribution in [-0.4, -0.2) is 73.6 Å². The topological polar surface area (TPSA) is 96.4 Å². The molecular weight excluding hydrogens is 435 g/mol. The smallest absolute Gasteiger partial charge is 0.410 e. The molecule has 4 rings (SSSR count). The van der Waals surface area contributed by atoms with Crippen molar-refractivity contribution in [1.82, 2.24) is 9.80 Å². The second-order valence-electron chi connectivity index (χ2n) is 7.68. The van der Waals surface area contributed by atoms with Gasteiger partial charge in [0.15, 0.2) is 5.78 Å². The lowest BCUT2D eigenvalue weighted by Crippen LogP contribution is -2.30. The van der Waals surface area contributed by atoms with Crippen molar-refractivity contribution >= 4 is 26.4 Å². The van der Waals surface area contributed by atoms with Crippen LogP contribution in [0.2, 0.25) is 0 Å². The Balaban J connectivity index is 0.000000321. The number of Topliss-reactive ketones (excluding diaryl/α,β-unsaturated/α-hetero) is 1. The van der Waals surface area contributed by atoms with Crippen LogP contribution in [0.15, 0.2) is 60.7 Å². The first-order valence-corrected chi connectivity index (χ1v) is 10.6. The standard InChI is InChI=1S/C12H15NO3.C12H13NO3.CH4.B/c2*14-11-6-7-13(8-11)12(15)16-9-10-4-2-1-3-5-10;;/h1-5,11,14H,6-9H2;1-5H,6-9H2;1H4;. The van der Waals surface area contributed by atoms with E-state index < -0.39 is 12.2 Å². The number of nitrogens with zero attached hydrogens (tertiary/aromatic N) is 2. The molecule has 3 radical (unpaired) electrons. The zero-order chi connectivity index (χ0) is 22.8.